The Morgan fingerprint density at radius 3 is 2.20 bits per heavy atom. The van der Waals surface area contributed by atoms with Crippen molar-refractivity contribution in [1.29, 1.82) is 0 Å². The van der Waals surface area contributed by atoms with Crippen LogP contribution < -0.4 is 0 Å². The maximum absolute atomic E-state index is 12.9. The molecule has 1 aromatic heterocycles. The first-order valence-electron chi connectivity index (χ1n) is 5.83. The van der Waals surface area contributed by atoms with E-state index in [9.17, 15) is 17.6 Å². The number of hydrogen-bond donors (Lipinski definition) is 0. The number of aryl methyl sites for hydroxylation is 1. The summed E-state index contributed by atoms with van der Waals surface area (Å²) in [6.45, 7) is 4.43. The van der Waals surface area contributed by atoms with Gasteiger partial charge >= 0.3 is 0 Å². The average molecular weight is 296 g/mol. The van der Waals surface area contributed by atoms with Crippen molar-refractivity contribution < 1.29 is 17.6 Å². The molecule has 0 atom stereocenters. The van der Waals surface area contributed by atoms with Gasteiger partial charge < -0.3 is 0 Å². The molecule has 2 aromatic rings. The van der Waals surface area contributed by atoms with E-state index in [2.05, 4.69) is 5.10 Å². The second kappa shape index (κ2) is 4.82. The third-order valence-corrected chi connectivity index (χ3v) is 4.62. The molecule has 0 saturated carbocycles. The van der Waals surface area contributed by atoms with E-state index in [1.807, 2.05) is 0 Å². The van der Waals surface area contributed by atoms with E-state index in [1.54, 1.807) is 6.92 Å². The van der Waals surface area contributed by atoms with E-state index in [-0.39, 0.29) is 21.9 Å². The minimum atomic E-state index is -3.93. The smallest absolute Gasteiger partial charge is 0.283 e. The highest BCUT2D eigenvalue weighted by Crippen LogP contribution is 2.20. The number of rotatable bonds is 3. The van der Waals surface area contributed by atoms with Crippen molar-refractivity contribution in [2.24, 2.45) is 0 Å². The van der Waals surface area contributed by atoms with Gasteiger partial charge in [0.2, 0.25) is 0 Å². The zero-order chi connectivity index (χ0) is 15.1. The van der Waals surface area contributed by atoms with E-state index in [4.69, 9.17) is 0 Å². The lowest BCUT2D eigenvalue weighted by atomic mass is 10.1. The molecular weight excluding hydrogens is 283 g/mol. The molecule has 0 radical (unpaired) electrons. The highest BCUT2D eigenvalue weighted by molar-refractivity contribution is 7.89. The van der Waals surface area contributed by atoms with Crippen LogP contribution in [0, 0.1) is 19.7 Å². The zero-order valence-corrected chi connectivity index (χ0v) is 12.0. The fourth-order valence-corrected chi connectivity index (χ4v) is 3.43. The summed E-state index contributed by atoms with van der Waals surface area (Å²) >= 11 is 0. The van der Waals surface area contributed by atoms with Crippen molar-refractivity contribution in [1.82, 2.24) is 9.19 Å². The van der Waals surface area contributed by atoms with Crippen LogP contribution in [0.25, 0.3) is 0 Å². The summed E-state index contributed by atoms with van der Waals surface area (Å²) in [5, 5.41) is 3.92. The van der Waals surface area contributed by atoms with E-state index in [1.165, 1.54) is 13.8 Å². The minimum absolute atomic E-state index is 0.0837. The molecule has 7 heteroatoms. The number of carbonyl (C=O) groups is 1. The summed E-state index contributed by atoms with van der Waals surface area (Å²) < 4.78 is 38.5. The molecule has 0 N–H and O–H groups in total. The summed E-state index contributed by atoms with van der Waals surface area (Å²) in [6.07, 6.45) is 0. The first-order valence-corrected chi connectivity index (χ1v) is 7.27. The number of hydrogen-bond acceptors (Lipinski definition) is 4. The summed E-state index contributed by atoms with van der Waals surface area (Å²) in [4.78, 5) is 11.4. The first-order chi connectivity index (χ1) is 9.25. The van der Waals surface area contributed by atoms with Gasteiger partial charge in [0.1, 0.15) is 5.82 Å². The van der Waals surface area contributed by atoms with Crippen LogP contribution in [-0.4, -0.2) is 23.4 Å². The number of carbonyl (C=O) groups excluding carboxylic acids is 1. The van der Waals surface area contributed by atoms with Gasteiger partial charge in [-0.1, -0.05) is 0 Å². The Labute approximate surface area is 116 Å². The largest absolute Gasteiger partial charge is 0.294 e. The zero-order valence-electron chi connectivity index (χ0n) is 11.2. The molecule has 20 heavy (non-hydrogen) atoms. The monoisotopic (exact) mass is 296 g/mol. The molecule has 0 bridgehead atoms. The molecule has 2 rings (SSSR count). The minimum Gasteiger partial charge on any atom is -0.294 e. The van der Waals surface area contributed by atoms with Crippen LogP contribution in [0.1, 0.15) is 28.7 Å². The maximum atomic E-state index is 12.9. The van der Waals surface area contributed by atoms with Crippen LogP contribution in [0.2, 0.25) is 0 Å². The van der Waals surface area contributed by atoms with Crippen molar-refractivity contribution in [2.45, 2.75) is 25.7 Å². The Morgan fingerprint density at radius 2 is 1.75 bits per heavy atom. The Morgan fingerprint density at radius 1 is 1.20 bits per heavy atom. The number of nitrogens with zero attached hydrogens (tertiary/aromatic N) is 2. The highest BCUT2D eigenvalue weighted by atomic mass is 32.2. The van der Waals surface area contributed by atoms with Crippen molar-refractivity contribution in [3.05, 3.63) is 47.0 Å². The molecule has 0 amide bonds. The first kappa shape index (κ1) is 14.4. The predicted octanol–water partition coefficient (Wildman–Crippen LogP) is 2.08. The van der Waals surface area contributed by atoms with Gasteiger partial charge in [0.25, 0.3) is 10.0 Å². The normalized spacial score (nSPS) is 11.6. The number of halogens is 1. The molecule has 0 aliphatic heterocycles. The summed E-state index contributed by atoms with van der Waals surface area (Å²) in [5.41, 5.74) is 0.885. The number of aromatic nitrogens is 2. The van der Waals surface area contributed by atoms with E-state index in [0.29, 0.717) is 5.69 Å². The standard InChI is InChI=1S/C13H13FN2O3S/c1-8-13(10(3)17)9(2)16(15-8)20(18,19)12-6-4-11(14)5-7-12/h4-7H,1-3H3. The fourth-order valence-electron chi connectivity index (χ4n) is 2.07. The quantitative estimate of drug-likeness (QED) is 0.813. The second-order valence-electron chi connectivity index (χ2n) is 4.40. The van der Waals surface area contributed by atoms with E-state index in [0.717, 1.165) is 28.4 Å². The maximum Gasteiger partial charge on any atom is 0.283 e. The molecule has 5 nitrogen and oxygen atoms in total. The van der Waals surface area contributed by atoms with Crippen LogP contribution >= 0.6 is 0 Å². The molecule has 0 saturated heterocycles. The van der Waals surface area contributed by atoms with Gasteiger partial charge in [-0.2, -0.15) is 17.6 Å². The van der Waals surface area contributed by atoms with Crippen molar-refractivity contribution >= 4 is 15.8 Å². The van der Waals surface area contributed by atoms with Crippen LogP contribution in [0.3, 0.4) is 0 Å². The van der Waals surface area contributed by atoms with Crippen LogP contribution in [0.4, 0.5) is 4.39 Å². The Bertz CT molecular complexity index is 777. The second-order valence-corrected chi connectivity index (χ2v) is 6.17. The topological polar surface area (TPSA) is 69.0 Å². The lowest BCUT2D eigenvalue weighted by Crippen LogP contribution is -2.16. The Kier molecular flexibility index (Phi) is 3.47. The summed E-state index contributed by atoms with van der Waals surface area (Å²) in [6, 6.07) is 4.44. The number of ketones is 1. The predicted molar refractivity (Wildman–Crippen MR) is 70.7 cm³/mol. The van der Waals surface area contributed by atoms with Gasteiger partial charge in [0.05, 0.1) is 21.8 Å². The number of benzene rings is 1. The Hall–Kier alpha value is -2.02. The molecule has 0 fully saturated rings. The highest BCUT2D eigenvalue weighted by Gasteiger charge is 2.25. The van der Waals surface area contributed by atoms with Gasteiger partial charge in [-0.3, -0.25) is 4.79 Å². The van der Waals surface area contributed by atoms with Crippen molar-refractivity contribution in [3.8, 4) is 0 Å². The molecule has 0 aliphatic rings. The Balaban J connectivity index is 2.64. The molecule has 0 spiro atoms. The fraction of sp³-hybridized carbons (Fsp3) is 0.231. The SMILES string of the molecule is CC(=O)c1c(C)nn(S(=O)(=O)c2ccc(F)cc2)c1C. The molecular formula is C13H13FN2O3S. The average Bonchev–Trinajstić information content (AvgIpc) is 2.66. The van der Waals surface area contributed by atoms with Gasteiger partial charge in [-0.05, 0) is 45.0 Å². The third kappa shape index (κ3) is 2.24. The molecule has 106 valence electrons. The third-order valence-electron chi connectivity index (χ3n) is 2.94. The van der Waals surface area contributed by atoms with Gasteiger partial charge in [-0.25, -0.2) is 4.39 Å². The molecule has 1 aromatic carbocycles. The van der Waals surface area contributed by atoms with E-state index >= 15 is 0 Å². The molecule has 0 unspecified atom stereocenters. The van der Waals surface area contributed by atoms with Crippen molar-refractivity contribution in [3.63, 3.8) is 0 Å². The molecule has 1 heterocycles. The number of Topliss-reactive ketones (excluding diaryl/α,β-unsaturated/α-hetero) is 1. The van der Waals surface area contributed by atoms with Crippen molar-refractivity contribution in [2.75, 3.05) is 0 Å². The van der Waals surface area contributed by atoms with Gasteiger partial charge in [0.15, 0.2) is 5.78 Å². The molecule has 0 aliphatic carbocycles. The van der Waals surface area contributed by atoms with Gasteiger partial charge in [0, 0.05) is 0 Å². The summed E-state index contributed by atoms with van der Waals surface area (Å²) in [5.74, 6) is -0.776. The van der Waals surface area contributed by atoms with Crippen LogP contribution in [0.5, 0.6) is 0 Å². The lowest BCUT2D eigenvalue weighted by Gasteiger charge is -2.06. The lowest BCUT2D eigenvalue weighted by molar-refractivity contribution is 0.101. The van der Waals surface area contributed by atoms with E-state index < -0.39 is 15.8 Å². The van der Waals surface area contributed by atoms with Crippen LogP contribution in [0.15, 0.2) is 29.2 Å². The van der Waals surface area contributed by atoms with Crippen LogP contribution in [-0.2, 0) is 10.0 Å². The van der Waals surface area contributed by atoms with Gasteiger partial charge in [-0.15, -0.1) is 0 Å². The summed E-state index contributed by atoms with van der Waals surface area (Å²) in [7, 11) is -3.93.